The van der Waals surface area contributed by atoms with Gasteiger partial charge in [-0.05, 0) is 18.6 Å². The maximum absolute atomic E-state index is 10.9. The van der Waals surface area contributed by atoms with Crippen molar-refractivity contribution in [3.05, 3.63) is 63.8 Å². The molecule has 0 amide bonds. The number of thiazole rings is 1. The van der Waals surface area contributed by atoms with Crippen LogP contribution < -0.4 is 0 Å². The van der Waals surface area contributed by atoms with E-state index < -0.39 is 4.92 Å². The number of pyridine rings is 1. The first-order valence-electron chi connectivity index (χ1n) is 7.33. The number of benzene rings is 1. The van der Waals surface area contributed by atoms with Gasteiger partial charge in [-0.25, -0.2) is 4.98 Å². The number of nitro benzene ring substituents is 1. The summed E-state index contributed by atoms with van der Waals surface area (Å²) < 4.78 is 0. The second-order valence-corrected chi connectivity index (χ2v) is 5.99. The molecule has 124 valence electrons. The molecule has 5 nitrogen and oxygen atoms in total. The fraction of sp³-hybridized carbons (Fsp3) is 0.176. The summed E-state index contributed by atoms with van der Waals surface area (Å²) in [6.07, 6.45) is 3.79. The Morgan fingerprint density at radius 1 is 1.21 bits per heavy atom. The van der Waals surface area contributed by atoms with Crippen molar-refractivity contribution in [2.75, 3.05) is 0 Å². The van der Waals surface area contributed by atoms with Crippen molar-refractivity contribution in [2.24, 2.45) is 0 Å². The maximum Gasteiger partial charge on any atom is 0.270 e. The number of hydrogen-bond acceptors (Lipinski definition) is 5. The molecule has 0 fully saturated rings. The molecule has 0 saturated heterocycles. The predicted octanol–water partition coefficient (Wildman–Crippen LogP) is 5.31. The number of hydrogen-bond donors (Lipinski definition) is 0. The number of nitro groups is 1. The van der Waals surface area contributed by atoms with Crippen LogP contribution in [-0.2, 0) is 6.42 Å². The van der Waals surface area contributed by atoms with Gasteiger partial charge in [-0.2, -0.15) is 0 Å². The highest BCUT2D eigenvalue weighted by Crippen LogP contribution is 2.30. The molecular weight excluding hydrogens is 390 g/mol. The molecular formula is C17H16BrN3O2S. The van der Waals surface area contributed by atoms with E-state index in [9.17, 15) is 10.1 Å². The molecule has 0 bridgehead atoms. The quantitative estimate of drug-likeness (QED) is 0.425. The number of non-ortho nitro benzene ring substituents is 1. The Bertz CT molecular complexity index is 851. The molecule has 0 atom stereocenters. The van der Waals surface area contributed by atoms with Gasteiger partial charge in [0, 0.05) is 40.5 Å². The number of aromatic nitrogens is 2. The largest absolute Gasteiger partial charge is 0.270 e. The number of halogens is 1. The molecule has 0 radical (unpaired) electrons. The van der Waals surface area contributed by atoms with E-state index in [0.29, 0.717) is 0 Å². The Kier molecular flexibility index (Phi) is 6.16. The molecule has 0 N–H and O–H groups in total. The van der Waals surface area contributed by atoms with Crippen LogP contribution in [0.2, 0.25) is 0 Å². The second-order valence-electron chi connectivity index (χ2n) is 5.13. The minimum atomic E-state index is -0.392. The van der Waals surface area contributed by atoms with Crippen molar-refractivity contribution in [1.29, 1.82) is 0 Å². The monoisotopic (exact) mass is 405 g/mol. The Labute approximate surface area is 154 Å². The van der Waals surface area contributed by atoms with E-state index in [1.807, 2.05) is 17.5 Å². The van der Waals surface area contributed by atoms with Gasteiger partial charge in [0.1, 0.15) is 5.01 Å². The third-order valence-electron chi connectivity index (χ3n) is 3.43. The first kappa shape index (κ1) is 18.2. The number of aryl methyl sites for hydroxylation is 1. The lowest BCUT2D eigenvalue weighted by molar-refractivity contribution is -0.384. The molecule has 7 heteroatoms. The summed E-state index contributed by atoms with van der Waals surface area (Å²) in [4.78, 5) is 19.5. The van der Waals surface area contributed by atoms with E-state index in [2.05, 4.69) is 23.0 Å². The molecule has 3 aromatic rings. The summed E-state index contributed by atoms with van der Waals surface area (Å²) in [5, 5.41) is 13.7. The van der Waals surface area contributed by atoms with Gasteiger partial charge in [0.05, 0.1) is 10.6 Å². The van der Waals surface area contributed by atoms with Gasteiger partial charge in [0.15, 0.2) is 0 Å². The smallest absolute Gasteiger partial charge is 0.261 e. The molecule has 0 aliphatic rings. The van der Waals surface area contributed by atoms with Gasteiger partial charge in [0.25, 0.3) is 5.69 Å². The minimum Gasteiger partial charge on any atom is -0.261 e. The first-order valence-corrected chi connectivity index (χ1v) is 8.21. The normalized spacial score (nSPS) is 10.2. The molecule has 3 rings (SSSR count). The lowest BCUT2D eigenvalue weighted by Crippen LogP contribution is -1.89. The van der Waals surface area contributed by atoms with Crippen LogP contribution in [0.25, 0.3) is 21.8 Å². The summed E-state index contributed by atoms with van der Waals surface area (Å²) >= 11 is 1.53. The minimum absolute atomic E-state index is 0. The van der Waals surface area contributed by atoms with E-state index in [1.165, 1.54) is 17.4 Å². The molecule has 2 heterocycles. The van der Waals surface area contributed by atoms with E-state index in [1.54, 1.807) is 18.3 Å². The Hall–Kier alpha value is -2.12. The lowest BCUT2D eigenvalue weighted by Gasteiger charge is -2.01. The van der Waals surface area contributed by atoms with Crippen LogP contribution in [0.5, 0.6) is 0 Å². The summed E-state index contributed by atoms with van der Waals surface area (Å²) in [6, 6.07) is 10.5. The van der Waals surface area contributed by atoms with Crippen molar-refractivity contribution in [3.63, 3.8) is 0 Å². The second kappa shape index (κ2) is 8.12. The third-order valence-corrected chi connectivity index (χ3v) is 4.32. The highest BCUT2D eigenvalue weighted by atomic mass is 79.9. The predicted molar refractivity (Wildman–Crippen MR) is 102 cm³/mol. The molecule has 0 spiro atoms. The summed E-state index contributed by atoms with van der Waals surface area (Å²) in [5.41, 5.74) is 3.67. The average Bonchev–Trinajstić information content (AvgIpc) is 3.06. The van der Waals surface area contributed by atoms with Gasteiger partial charge >= 0.3 is 0 Å². The molecule has 1 aromatic carbocycles. The average molecular weight is 406 g/mol. The number of rotatable bonds is 5. The van der Waals surface area contributed by atoms with Gasteiger partial charge in [-0.15, -0.1) is 28.3 Å². The van der Waals surface area contributed by atoms with Gasteiger partial charge in [-0.1, -0.05) is 25.5 Å². The van der Waals surface area contributed by atoms with E-state index >= 15 is 0 Å². The maximum atomic E-state index is 10.9. The Morgan fingerprint density at radius 2 is 2.04 bits per heavy atom. The van der Waals surface area contributed by atoms with Crippen LogP contribution in [0.4, 0.5) is 5.69 Å². The lowest BCUT2D eigenvalue weighted by atomic mass is 10.1. The van der Waals surface area contributed by atoms with Crippen molar-refractivity contribution in [3.8, 4) is 21.8 Å². The molecule has 24 heavy (non-hydrogen) atoms. The van der Waals surface area contributed by atoms with Crippen LogP contribution in [0.3, 0.4) is 0 Å². The van der Waals surface area contributed by atoms with Crippen LogP contribution in [0.1, 0.15) is 19.0 Å². The number of nitrogens with zero attached hydrogens (tertiary/aromatic N) is 3. The fourth-order valence-electron chi connectivity index (χ4n) is 2.32. The molecule has 0 saturated carbocycles. The Balaban J connectivity index is 0.00000208. The zero-order valence-corrected chi connectivity index (χ0v) is 15.5. The van der Waals surface area contributed by atoms with E-state index in [4.69, 9.17) is 0 Å². The summed E-state index contributed by atoms with van der Waals surface area (Å²) in [6.45, 7) is 2.12. The SMILES string of the molecule is Br.CCCc1cc(-c2nc(-c3cccc([N+](=O)[O-])c3)cs2)ccn1. The van der Waals surface area contributed by atoms with Crippen LogP contribution in [0, 0.1) is 10.1 Å². The van der Waals surface area contributed by atoms with Gasteiger partial charge in [-0.3, -0.25) is 15.1 Å². The highest BCUT2D eigenvalue weighted by molar-refractivity contribution is 8.93. The Morgan fingerprint density at radius 3 is 2.79 bits per heavy atom. The van der Waals surface area contributed by atoms with Gasteiger partial charge < -0.3 is 0 Å². The van der Waals surface area contributed by atoms with Crippen molar-refractivity contribution >= 4 is 34.0 Å². The van der Waals surface area contributed by atoms with Crippen molar-refractivity contribution < 1.29 is 4.92 Å². The van der Waals surface area contributed by atoms with E-state index in [0.717, 1.165) is 40.4 Å². The van der Waals surface area contributed by atoms with Crippen LogP contribution >= 0.6 is 28.3 Å². The fourth-order valence-corrected chi connectivity index (χ4v) is 3.15. The molecule has 0 unspecified atom stereocenters. The zero-order chi connectivity index (χ0) is 16.2. The zero-order valence-electron chi connectivity index (χ0n) is 13.0. The molecule has 0 aliphatic heterocycles. The van der Waals surface area contributed by atoms with Crippen molar-refractivity contribution in [2.45, 2.75) is 19.8 Å². The topological polar surface area (TPSA) is 68.9 Å². The third kappa shape index (κ3) is 4.04. The van der Waals surface area contributed by atoms with Crippen molar-refractivity contribution in [1.82, 2.24) is 9.97 Å². The highest BCUT2D eigenvalue weighted by Gasteiger charge is 2.11. The summed E-state index contributed by atoms with van der Waals surface area (Å²) in [5.74, 6) is 0. The van der Waals surface area contributed by atoms with Crippen LogP contribution in [0.15, 0.2) is 48.0 Å². The standard InChI is InChI=1S/C17H15N3O2S.BrH/c1-2-4-14-9-13(7-8-18-14)17-19-16(11-23-17)12-5-3-6-15(10-12)20(21)22;/h3,5-11H,2,4H2,1H3;1H. The summed E-state index contributed by atoms with van der Waals surface area (Å²) in [7, 11) is 0. The molecule has 2 aromatic heterocycles. The first-order chi connectivity index (χ1) is 11.2. The van der Waals surface area contributed by atoms with Crippen LogP contribution in [-0.4, -0.2) is 14.9 Å². The van der Waals surface area contributed by atoms with E-state index in [-0.39, 0.29) is 22.7 Å². The van der Waals surface area contributed by atoms with Gasteiger partial charge in [0.2, 0.25) is 0 Å². The molecule has 0 aliphatic carbocycles.